The Bertz CT molecular complexity index is 251. The molecule has 3 unspecified atom stereocenters. The van der Waals surface area contributed by atoms with E-state index in [1.54, 1.807) is 0 Å². The minimum Gasteiger partial charge on any atom is -0.0850 e. The lowest BCUT2D eigenvalue weighted by Gasteiger charge is -2.35. The van der Waals surface area contributed by atoms with Crippen LogP contribution in [0.25, 0.3) is 0 Å². The van der Waals surface area contributed by atoms with Crippen molar-refractivity contribution in [3.8, 4) is 0 Å². The van der Waals surface area contributed by atoms with Crippen molar-refractivity contribution < 1.29 is 0 Å². The fraction of sp³-hybridized carbons (Fsp3) is 0.882. The fourth-order valence-electron chi connectivity index (χ4n) is 4.04. The molecule has 98 valence electrons. The molecule has 0 amide bonds. The smallest absolute Gasteiger partial charge is 0.0177 e. The molecule has 0 aliphatic heterocycles. The Balaban J connectivity index is 1.76. The van der Waals surface area contributed by atoms with Gasteiger partial charge in [-0.3, -0.25) is 0 Å². The van der Waals surface area contributed by atoms with Crippen molar-refractivity contribution >= 4 is 0 Å². The fourth-order valence-corrected chi connectivity index (χ4v) is 4.04. The van der Waals surface area contributed by atoms with Crippen LogP contribution in [0, 0.1) is 17.8 Å². The molecule has 0 aromatic rings. The third-order valence-electron chi connectivity index (χ3n) is 5.05. The van der Waals surface area contributed by atoms with Crippen molar-refractivity contribution in [2.24, 2.45) is 17.8 Å². The first kappa shape index (κ1) is 13.2. The summed E-state index contributed by atoms with van der Waals surface area (Å²) in [5.41, 5.74) is 1.82. The molecule has 0 heteroatoms. The zero-order valence-electron chi connectivity index (χ0n) is 11.9. The summed E-state index contributed by atoms with van der Waals surface area (Å²) >= 11 is 0. The second kappa shape index (κ2) is 6.61. The van der Waals surface area contributed by atoms with Gasteiger partial charge in [-0.25, -0.2) is 0 Å². The molecule has 17 heavy (non-hydrogen) atoms. The van der Waals surface area contributed by atoms with E-state index in [1.165, 1.54) is 64.2 Å². The molecule has 0 radical (unpaired) electrons. The van der Waals surface area contributed by atoms with Crippen LogP contribution >= 0.6 is 0 Å². The molecular weight excluding hydrogens is 204 g/mol. The number of allylic oxidation sites excluding steroid dienone is 2. The molecule has 0 saturated heterocycles. The first-order chi connectivity index (χ1) is 8.31. The van der Waals surface area contributed by atoms with Crippen molar-refractivity contribution in [3.05, 3.63) is 11.6 Å². The summed E-state index contributed by atoms with van der Waals surface area (Å²) in [6, 6.07) is 0. The van der Waals surface area contributed by atoms with Crippen molar-refractivity contribution in [2.75, 3.05) is 0 Å². The second-order valence-electron chi connectivity index (χ2n) is 6.43. The van der Waals surface area contributed by atoms with Crippen LogP contribution in [-0.4, -0.2) is 0 Å². The molecule has 0 bridgehead atoms. The first-order valence-electron chi connectivity index (χ1n) is 8.00. The number of unbranched alkanes of at least 4 members (excludes halogenated alkanes) is 2. The molecule has 2 aliphatic rings. The normalized spacial score (nSPS) is 33.8. The Morgan fingerprint density at radius 3 is 2.76 bits per heavy atom. The Morgan fingerprint density at radius 1 is 1.24 bits per heavy atom. The van der Waals surface area contributed by atoms with Gasteiger partial charge in [0.15, 0.2) is 0 Å². The van der Waals surface area contributed by atoms with Gasteiger partial charge in [-0.2, -0.15) is 0 Å². The van der Waals surface area contributed by atoms with Crippen LogP contribution in [0.2, 0.25) is 0 Å². The van der Waals surface area contributed by atoms with Gasteiger partial charge in [0.1, 0.15) is 0 Å². The first-order valence-corrected chi connectivity index (χ1v) is 8.00. The van der Waals surface area contributed by atoms with E-state index in [2.05, 4.69) is 19.9 Å². The third-order valence-corrected chi connectivity index (χ3v) is 5.05. The second-order valence-corrected chi connectivity index (χ2v) is 6.43. The quantitative estimate of drug-likeness (QED) is 0.421. The number of hydrogen-bond acceptors (Lipinski definition) is 0. The zero-order chi connectivity index (χ0) is 12.1. The Labute approximate surface area is 108 Å². The van der Waals surface area contributed by atoms with Gasteiger partial charge in [0.25, 0.3) is 0 Å². The van der Waals surface area contributed by atoms with E-state index < -0.39 is 0 Å². The van der Waals surface area contributed by atoms with Gasteiger partial charge < -0.3 is 0 Å². The molecule has 0 aromatic heterocycles. The minimum atomic E-state index is 0.958. The molecule has 0 aromatic carbocycles. The lowest BCUT2D eigenvalue weighted by atomic mass is 9.70. The Kier molecular flexibility index (Phi) is 5.13. The SMILES string of the molecule is CCCCCC1CCC(C2=CCCC2)C(C)C1. The number of rotatable bonds is 5. The Hall–Kier alpha value is -0.260. The van der Waals surface area contributed by atoms with Gasteiger partial charge >= 0.3 is 0 Å². The molecule has 2 aliphatic carbocycles. The highest BCUT2D eigenvalue weighted by Crippen LogP contribution is 2.42. The van der Waals surface area contributed by atoms with Gasteiger partial charge in [0.05, 0.1) is 0 Å². The predicted octanol–water partition coefficient (Wildman–Crippen LogP) is 5.73. The van der Waals surface area contributed by atoms with E-state index in [1.807, 2.05) is 5.57 Å². The van der Waals surface area contributed by atoms with E-state index in [9.17, 15) is 0 Å². The summed E-state index contributed by atoms with van der Waals surface area (Å²) in [6.45, 7) is 4.82. The predicted molar refractivity (Wildman–Crippen MR) is 76.1 cm³/mol. The summed E-state index contributed by atoms with van der Waals surface area (Å²) in [4.78, 5) is 0. The van der Waals surface area contributed by atoms with E-state index in [0.717, 1.165) is 17.8 Å². The zero-order valence-corrected chi connectivity index (χ0v) is 11.9. The van der Waals surface area contributed by atoms with E-state index in [0.29, 0.717) is 0 Å². The molecule has 0 nitrogen and oxygen atoms in total. The molecular formula is C17H30. The summed E-state index contributed by atoms with van der Waals surface area (Å²) < 4.78 is 0. The molecule has 0 heterocycles. The highest BCUT2D eigenvalue weighted by atomic mass is 14.3. The van der Waals surface area contributed by atoms with Crippen LogP contribution in [0.1, 0.15) is 78.1 Å². The summed E-state index contributed by atoms with van der Waals surface area (Å²) in [5, 5.41) is 0. The van der Waals surface area contributed by atoms with Crippen LogP contribution in [0.15, 0.2) is 11.6 Å². The van der Waals surface area contributed by atoms with E-state index in [-0.39, 0.29) is 0 Å². The topological polar surface area (TPSA) is 0 Å². The third kappa shape index (κ3) is 3.60. The van der Waals surface area contributed by atoms with Crippen molar-refractivity contribution in [1.82, 2.24) is 0 Å². The standard InChI is InChI=1S/C17H30/c1-3-4-5-8-15-11-12-17(14(2)13-15)16-9-6-7-10-16/h9,14-15,17H,3-8,10-13H2,1-2H3. The van der Waals surface area contributed by atoms with Crippen LogP contribution < -0.4 is 0 Å². The van der Waals surface area contributed by atoms with Gasteiger partial charge in [-0.1, -0.05) is 51.2 Å². The van der Waals surface area contributed by atoms with Crippen molar-refractivity contribution in [3.63, 3.8) is 0 Å². The summed E-state index contributed by atoms with van der Waals surface area (Å²) in [6.07, 6.45) is 17.1. The molecule has 1 saturated carbocycles. The highest BCUT2D eigenvalue weighted by Gasteiger charge is 2.29. The molecule has 3 atom stereocenters. The molecule has 0 spiro atoms. The van der Waals surface area contributed by atoms with Crippen molar-refractivity contribution in [1.29, 1.82) is 0 Å². The lowest BCUT2D eigenvalue weighted by molar-refractivity contribution is 0.206. The van der Waals surface area contributed by atoms with Crippen LogP contribution in [0.5, 0.6) is 0 Å². The van der Waals surface area contributed by atoms with Gasteiger partial charge in [0, 0.05) is 0 Å². The largest absolute Gasteiger partial charge is 0.0850 e. The van der Waals surface area contributed by atoms with Crippen LogP contribution in [-0.2, 0) is 0 Å². The monoisotopic (exact) mass is 234 g/mol. The number of hydrogen-bond donors (Lipinski definition) is 0. The molecule has 0 N–H and O–H groups in total. The van der Waals surface area contributed by atoms with Gasteiger partial charge in [0.2, 0.25) is 0 Å². The van der Waals surface area contributed by atoms with Crippen LogP contribution in [0.4, 0.5) is 0 Å². The maximum absolute atomic E-state index is 2.55. The van der Waals surface area contributed by atoms with E-state index in [4.69, 9.17) is 0 Å². The molecule has 1 fully saturated rings. The minimum absolute atomic E-state index is 0.958. The average Bonchev–Trinajstić information content (AvgIpc) is 2.83. The van der Waals surface area contributed by atoms with Crippen LogP contribution in [0.3, 0.4) is 0 Å². The highest BCUT2D eigenvalue weighted by molar-refractivity contribution is 5.13. The maximum atomic E-state index is 2.55. The lowest BCUT2D eigenvalue weighted by Crippen LogP contribution is -2.24. The Morgan fingerprint density at radius 2 is 2.12 bits per heavy atom. The summed E-state index contributed by atoms with van der Waals surface area (Å²) in [7, 11) is 0. The summed E-state index contributed by atoms with van der Waals surface area (Å²) in [5.74, 6) is 2.97. The van der Waals surface area contributed by atoms with E-state index >= 15 is 0 Å². The average molecular weight is 234 g/mol. The van der Waals surface area contributed by atoms with Crippen molar-refractivity contribution in [2.45, 2.75) is 78.1 Å². The van der Waals surface area contributed by atoms with Gasteiger partial charge in [-0.15, -0.1) is 0 Å². The molecule has 2 rings (SSSR count). The van der Waals surface area contributed by atoms with Gasteiger partial charge in [-0.05, 0) is 56.3 Å². The maximum Gasteiger partial charge on any atom is -0.0177 e.